The molecule has 7 nitrogen and oxygen atoms in total. The first-order chi connectivity index (χ1) is 9.85. The molecule has 0 aromatic carbocycles. The number of carbonyl (C=O) groups is 3. The normalized spacial score (nSPS) is 11.9. The minimum absolute atomic E-state index is 0.161. The molecule has 0 aliphatic heterocycles. The molecule has 1 amide bonds. The Balaban J connectivity index is 2.81. The van der Waals surface area contributed by atoms with Crippen LogP contribution in [0.3, 0.4) is 0 Å². The molecule has 0 aliphatic rings. The van der Waals surface area contributed by atoms with Gasteiger partial charge in [0.1, 0.15) is 11.7 Å². The average molecular weight is 361 g/mol. The number of hydrogen-bond donors (Lipinski definition) is 3. The smallest absolute Gasteiger partial charge is 0.326 e. The fraction of sp³-hybridized carbons (Fsp3) is 0.462. The van der Waals surface area contributed by atoms with Crippen LogP contribution >= 0.6 is 15.9 Å². The maximum absolute atomic E-state index is 12.1. The van der Waals surface area contributed by atoms with Crippen LogP contribution in [0.25, 0.3) is 0 Å². The van der Waals surface area contributed by atoms with Crippen molar-refractivity contribution in [2.24, 2.45) is 0 Å². The lowest BCUT2D eigenvalue weighted by molar-refractivity contribution is -0.140. The highest BCUT2D eigenvalue weighted by atomic mass is 79.9. The van der Waals surface area contributed by atoms with E-state index >= 15 is 0 Å². The number of aromatic nitrogens is 1. The largest absolute Gasteiger partial charge is 0.481 e. The second-order valence-corrected chi connectivity index (χ2v) is 5.45. The summed E-state index contributed by atoms with van der Waals surface area (Å²) in [7, 11) is 0. The van der Waals surface area contributed by atoms with E-state index in [-0.39, 0.29) is 12.8 Å². The molecule has 1 aromatic rings. The van der Waals surface area contributed by atoms with Crippen LogP contribution in [0.15, 0.2) is 16.7 Å². The third-order valence-electron chi connectivity index (χ3n) is 2.81. The second-order valence-electron chi connectivity index (χ2n) is 4.53. The Bertz CT molecular complexity index is 541. The van der Waals surface area contributed by atoms with Crippen LogP contribution in [0.4, 0.5) is 0 Å². The molecular formula is C13H17BrN2O5. The Morgan fingerprint density at radius 3 is 2.57 bits per heavy atom. The number of carbonyl (C=O) groups excluding carboxylic acids is 1. The van der Waals surface area contributed by atoms with Gasteiger partial charge in [-0.25, -0.2) is 4.79 Å². The lowest BCUT2D eigenvalue weighted by Crippen LogP contribution is -2.41. The first kappa shape index (κ1) is 17.2. The van der Waals surface area contributed by atoms with Crippen LogP contribution in [-0.4, -0.2) is 38.7 Å². The van der Waals surface area contributed by atoms with Gasteiger partial charge in [-0.2, -0.15) is 0 Å². The molecule has 3 N–H and O–H groups in total. The highest BCUT2D eigenvalue weighted by molar-refractivity contribution is 9.10. The summed E-state index contributed by atoms with van der Waals surface area (Å²) in [5.41, 5.74) is 0.338. The lowest BCUT2D eigenvalue weighted by Gasteiger charge is -2.14. The zero-order valence-electron chi connectivity index (χ0n) is 11.5. The third kappa shape index (κ3) is 5.22. The summed E-state index contributed by atoms with van der Waals surface area (Å²) in [5.74, 6) is -2.89. The molecule has 0 spiro atoms. The van der Waals surface area contributed by atoms with E-state index in [9.17, 15) is 14.4 Å². The number of aliphatic carboxylic acids is 2. The zero-order valence-corrected chi connectivity index (χ0v) is 13.1. The van der Waals surface area contributed by atoms with Gasteiger partial charge < -0.3 is 20.1 Å². The number of rotatable bonds is 8. The van der Waals surface area contributed by atoms with E-state index in [4.69, 9.17) is 10.2 Å². The van der Waals surface area contributed by atoms with Crippen molar-refractivity contribution in [1.82, 2.24) is 9.88 Å². The van der Waals surface area contributed by atoms with Gasteiger partial charge >= 0.3 is 11.9 Å². The van der Waals surface area contributed by atoms with Crippen molar-refractivity contribution >= 4 is 33.8 Å². The number of carboxylic acids is 2. The molecule has 0 radical (unpaired) electrons. The SMILES string of the molecule is CCCn1cc(Br)cc1C(=O)N[C@@H](CCC(=O)O)C(=O)O. The monoisotopic (exact) mass is 360 g/mol. The van der Waals surface area contributed by atoms with E-state index in [2.05, 4.69) is 21.2 Å². The summed E-state index contributed by atoms with van der Waals surface area (Å²) < 4.78 is 2.44. The maximum Gasteiger partial charge on any atom is 0.326 e. The van der Waals surface area contributed by atoms with Crippen molar-refractivity contribution in [3.05, 3.63) is 22.4 Å². The fourth-order valence-electron chi connectivity index (χ4n) is 1.85. The van der Waals surface area contributed by atoms with Gasteiger partial charge in [-0.1, -0.05) is 6.92 Å². The van der Waals surface area contributed by atoms with Gasteiger partial charge in [0.15, 0.2) is 0 Å². The Hall–Kier alpha value is -1.83. The highest BCUT2D eigenvalue weighted by Gasteiger charge is 2.23. The van der Waals surface area contributed by atoms with Gasteiger partial charge in [0.25, 0.3) is 5.91 Å². The first-order valence-corrected chi connectivity index (χ1v) is 7.25. The molecule has 0 saturated heterocycles. The molecule has 0 fully saturated rings. The number of nitrogens with zero attached hydrogens (tertiary/aromatic N) is 1. The predicted octanol–water partition coefficient (Wildman–Crippen LogP) is 1.71. The molecule has 21 heavy (non-hydrogen) atoms. The van der Waals surface area contributed by atoms with Crippen molar-refractivity contribution in [2.45, 2.75) is 38.8 Å². The summed E-state index contributed by atoms with van der Waals surface area (Å²) in [6.45, 7) is 2.59. The van der Waals surface area contributed by atoms with Crippen LogP contribution in [0.2, 0.25) is 0 Å². The standard InChI is InChI=1S/C13H17BrN2O5/c1-2-5-16-7-8(14)6-10(16)12(19)15-9(13(20)21)3-4-11(17)18/h6-7,9H,2-5H2,1H3,(H,15,19)(H,17,18)(H,20,21)/t9-/m0/s1. The van der Waals surface area contributed by atoms with Gasteiger partial charge in [0, 0.05) is 23.6 Å². The van der Waals surface area contributed by atoms with Crippen LogP contribution in [0.1, 0.15) is 36.7 Å². The molecule has 1 aromatic heterocycles. The third-order valence-corrected chi connectivity index (χ3v) is 3.24. The molecule has 8 heteroatoms. The molecular weight excluding hydrogens is 344 g/mol. The van der Waals surface area contributed by atoms with Crippen LogP contribution in [0, 0.1) is 0 Å². The average Bonchev–Trinajstić information content (AvgIpc) is 2.75. The highest BCUT2D eigenvalue weighted by Crippen LogP contribution is 2.16. The van der Waals surface area contributed by atoms with E-state index < -0.39 is 23.9 Å². The van der Waals surface area contributed by atoms with Crippen molar-refractivity contribution < 1.29 is 24.6 Å². The van der Waals surface area contributed by atoms with E-state index in [1.807, 2.05) is 6.92 Å². The molecule has 0 bridgehead atoms. The van der Waals surface area contributed by atoms with Crippen LogP contribution < -0.4 is 5.32 Å². The summed E-state index contributed by atoms with van der Waals surface area (Å²) in [5, 5.41) is 20.0. The molecule has 0 aliphatic carbocycles. The minimum Gasteiger partial charge on any atom is -0.481 e. The molecule has 0 saturated carbocycles. The second kappa shape index (κ2) is 7.82. The van der Waals surface area contributed by atoms with Crippen molar-refractivity contribution in [3.63, 3.8) is 0 Å². The topological polar surface area (TPSA) is 109 Å². The Kier molecular flexibility index (Phi) is 6.41. The zero-order chi connectivity index (χ0) is 16.0. The fourth-order valence-corrected chi connectivity index (χ4v) is 2.31. The quantitative estimate of drug-likeness (QED) is 0.653. The Labute approximate surface area is 130 Å². The Morgan fingerprint density at radius 1 is 1.38 bits per heavy atom. The Morgan fingerprint density at radius 2 is 2.05 bits per heavy atom. The van der Waals surface area contributed by atoms with Gasteiger partial charge in [0.05, 0.1) is 0 Å². The number of hydrogen-bond acceptors (Lipinski definition) is 3. The summed E-state index contributed by atoms with van der Waals surface area (Å²) in [4.78, 5) is 33.7. The molecule has 1 heterocycles. The van der Waals surface area contributed by atoms with E-state index in [0.29, 0.717) is 12.2 Å². The number of halogens is 1. The van der Waals surface area contributed by atoms with Gasteiger partial charge in [-0.15, -0.1) is 0 Å². The van der Waals surface area contributed by atoms with Gasteiger partial charge in [0.2, 0.25) is 0 Å². The van der Waals surface area contributed by atoms with E-state index in [1.54, 1.807) is 16.8 Å². The number of carboxylic acid groups (broad SMARTS) is 2. The van der Waals surface area contributed by atoms with Crippen LogP contribution in [-0.2, 0) is 16.1 Å². The summed E-state index contributed by atoms with van der Waals surface area (Å²) in [6.07, 6.45) is 2.08. The number of aryl methyl sites for hydroxylation is 1. The van der Waals surface area contributed by atoms with E-state index in [0.717, 1.165) is 10.9 Å². The van der Waals surface area contributed by atoms with Crippen molar-refractivity contribution in [1.29, 1.82) is 0 Å². The molecule has 116 valence electrons. The molecule has 0 unspecified atom stereocenters. The summed E-state index contributed by atoms with van der Waals surface area (Å²) >= 11 is 3.27. The van der Waals surface area contributed by atoms with Crippen molar-refractivity contribution in [2.75, 3.05) is 0 Å². The number of nitrogens with one attached hydrogen (secondary N) is 1. The van der Waals surface area contributed by atoms with E-state index in [1.165, 1.54) is 0 Å². The van der Waals surface area contributed by atoms with Gasteiger partial charge in [-0.05, 0) is 34.8 Å². The number of amides is 1. The maximum atomic E-state index is 12.1. The van der Waals surface area contributed by atoms with Crippen molar-refractivity contribution in [3.8, 4) is 0 Å². The molecule has 1 atom stereocenters. The minimum atomic E-state index is -1.25. The first-order valence-electron chi connectivity index (χ1n) is 6.46. The lowest BCUT2D eigenvalue weighted by atomic mass is 10.1. The summed E-state index contributed by atoms with van der Waals surface area (Å²) in [6, 6.07) is 0.374. The molecule has 1 rings (SSSR count). The predicted molar refractivity (Wildman–Crippen MR) is 78.2 cm³/mol. The van der Waals surface area contributed by atoms with Gasteiger partial charge in [-0.3, -0.25) is 9.59 Å². The van der Waals surface area contributed by atoms with Crippen LogP contribution in [0.5, 0.6) is 0 Å².